The van der Waals surface area contributed by atoms with Gasteiger partial charge in [-0.1, -0.05) is 11.6 Å². The number of nitrogens with one attached hydrogen (secondary N) is 1. The van der Waals surface area contributed by atoms with Crippen molar-refractivity contribution in [1.82, 2.24) is 0 Å². The van der Waals surface area contributed by atoms with Crippen LogP contribution in [0.25, 0.3) is 0 Å². The molecule has 0 spiro atoms. The number of benzene rings is 2. The summed E-state index contributed by atoms with van der Waals surface area (Å²) in [6.07, 6.45) is 0. The molecular weight excluding hydrogens is 336 g/mol. The summed E-state index contributed by atoms with van der Waals surface area (Å²) >= 11 is 5.94. The summed E-state index contributed by atoms with van der Waals surface area (Å²) in [7, 11) is -3.98. The second-order valence-electron chi connectivity index (χ2n) is 4.26. The van der Waals surface area contributed by atoms with Crippen molar-refractivity contribution in [2.24, 2.45) is 0 Å². The summed E-state index contributed by atoms with van der Waals surface area (Å²) in [5.74, 6) is -1.85. The van der Waals surface area contributed by atoms with E-state index >= 15 is 0 Å². The van der Waals surface area contributed by atoms with Gasteiger partial charge < -0.3 is 4.74 Å². The summed E-state index contributed by atoms with van der Waals surface area (Å²) < 4.78 is 57.7. The van der Waals surface area contributed by atoms with Gasteiger partial charge in [-0.05, 0) is 37.3 Å². The maximum atomic E-state index is 13.1. The second kappa shape index (κ2) is 6.50. The molecule has 0 atom stereocenters. The largest absolute Gasteiger partial charge is 0.492 e. The predicted octanol–water partition coefficient (Wildman–Crippen LogP) is 3.82. The van der Waals surface area contributed by atoms with E-state index < -0.39 is 21.7 Å². The molecule has 8 heteroatoms. The van der Waals surface area contributed by atoms with Crippen LogP contribution in [-0.2, 0) is 10.0 Å². The summed E-state index contributed by atoms with van der Waals surface area (Å²) in [5, 5.41) is 0.134. The number of rotatable bonds is 5. The van der Waals surface area contributed by atoms with E-state index in [1.807, 2.05) is 0 Å². The van der Waals surface area contributed by atoms with Gasteiger partial charge in [0.05, 0.1) is 22.2 Å². The molecule has 0 amide bonds. The van der Waals surface area contributed by atoms with Crippen LogP contribution in [0.5, 0.6) is 5.75 Å². The number of hydrogen-bond acceptors (Lipinski definition) is 3. The standard InChI is InChI=1S/C14H12ClF2NO3S/c1-2-21-14-6-4-10(8-11(14)15)22(19,20)18-9-3-5-12(16)13(17)7-9/h3-8,18H,2H2,1H3. The first-order chi connectivity index (χ1) is 10.3. The number of sulfonamides is 1. The molecule has 0 heterocycles. The molecule has 0 aliphatic heterocycles. The van der Waals surface area contributed by atoms with Crippen LogP contribution in [0.1, 0.15) is 6.92 Å². The summed E-state index contributed by atoms with van der Waals surface area (Å²) in [4.78, 5) is -0.120. The normalized spacial score (nSPS) is 11.3. The smallest absolute Gasteiger partial charge is 0.261 e. The molecule has 0 radical (unpaired) electrons. The maximum Gasteiger partial charge on any atom is 0.261 e. The molecule has 0 aliphatic rings. The molecule has 2 aromatic carbocycles. The van der Waals surface area contributed by atoms with Crippen molar-refractivity contribution in [2.75, 3.05) is 11.3 Å². The zero-order valence-electron chi connectivity index (χ0n) is 11.4. The Bertz CT molecular complexity index is 797. The number of ether oxygens (including phenoxy) is 1. The average Bonchev–Trinajstić information content (AvgIpc) is 2.45. The van der Waals surface area contributed by atoms with Crippen molar-refractivity contribution in [3.8, 4) is 5.75 Å². The fourth-order valence-corrected chi connectivity index (χ4v) is 3.07. The zero-order chi connectivity index (χ0) is 16.3. The van der Waals surface area contributed by atoms with Gasteiger partial charge in [-0.15, -0.1) is 0 Å². The lowest BCUT2D eigenvalue weighted by Gasteiger charge is -2.10. The third-order valence-electron chi connectivity index (χ3n) is 2.69. The average molecular weight is 348 g/mol. The number of halogens is 3. The van der Waals surface area contributed by atoms with Gasteiger partial charge in [0.2, 0.25) is 0 Å². The minimum Gasteiger partial charge on any atom is -0.492 e. The van der Waals surface area contributed by atoms with Gasteiger partial charge in [0, 0.05) is 6.07 Å². The molecule has 0 saturated carbocycles. The number of anilines is 1. The van der Waals surface area contributed by atoms with Gasteiger partial charge >= 0.3 is 0 Å². The molecular formula is C14H12ClF2NO3S. The maximum absolute atomic E-state index is 13.1. The van der Waals surface area contributed by atoms with E-state index in [2.05, 4.69) is 4.72 Å². The first-order valence-corrected chi connectivity index (χ1v) is 8.10. The highest BCUT2D eigenvalue weighted by Gasteiger charge is 2.17. The third kappa shape index (κ3) is 3.66. The fraction of sp³-hybridized carbons (Fsp3) is 0.143. The van der Waals surface area contributed by atoms with Crippen LogP contribution in [-0.4, -0.2) is 15.0 Å². The molecule has 0 saturated heterocycles. The SMILES string of the molecule is CCOc1ccc(S(=O)(=O)Nc2ccc(F)c(F)c2)cc1Cl. The summed E-state index contributed by atoms with van der Waals surface area (Å²) in [5.41, 5.74) is -0.0936. The van der Waals surface area contributed by atoms with Gasteiger partial charge in [0.25, 0.3) is 10.0 Å². The first-order valence-electron chi connectivity index (χ1n) is 6.23. The van der Waals surface area contributed by atoms with Crippen LogP contribution >= 0.6 is 11.6 Å². The van der Waals surface area contributed by atoms with Gasteiger partial charge in [-0.3, -0.25) is 4.72 Å². The van der Waals surface area contributed by atoms with E-state index in [4.69, 9.17) is 16.3 Å². The molecule has 22 heavy (non-hydrogen) atoms. The predicted molar refractivity (Wildman–Crippen MR) is 79.8 cm³/mol. The van der Waals surface area contributed by atoms with Gasteiger partial charge in [0.15, 0.2) is 11.6 Å². The molecule has 2 aromatic rings. The molecule has 0 fully saturated rings. The first kappa shape index (κ1) is 16.5. The van der Waals surface area contributed by atoms with Crippen LogP contribution in [0.15, 0.2) is 41.3 Å². The Labute approximate surface area is 131 Å². The monoisotopic (exact) mass is 347 g/mol. The highest BCUT2D eigenvalue weighted by molar-refractivity contribution is 7.92. The second-order valence-corrected chi connectivity index (χ2v) is 6.35. The summed E-state index contributed by atoms with van der Waals surface area (Å²) in [6, 6.07) is 6.65. The highest BCUT2D eigenvalue weighted by Crippen LogP contribution is 2.28. The molecule has 118 valence electrons. The van der Waals surface area contributed by atoms with Crippen LogP contribution in [0.3, 0.4) is 0 Å². The van der Waals surface area contributed by atoms with Crippen molar-refractivity contribution in [1.29, 1.82) is 0 Å². The highest BCUT2D eigenvalue weighted by atomic mass is 35.5. The third-order valence-corrected chi connectivity index (χ3v) is 4.36. The molecule has 0 unspecified atom stereocenters. The molecule has 4 nitrogen and oxygen atoms in total. The van der Waals surface area contributed by atoms with Crippen molar-refractivity contribution in [2.45, 2.75) is 11.8 Å². The van der Waals surface area contributed by atoms with Gasteiger partial charge in [-0.25, -0.2) is 17.2 Å². The Balaban J connectivity index is 2.30. The van der Waals surface area contributed by atoms with Crippen molar-refractivity contribution < 1.29 is 21.9 Å². The minimum absolute atomic E-state index is 0.0936. The quantitative estimate of drug-likeness (QED) is 0.894. The van der Waals surface area contributed by atoms with Gasteiger partial charge in [0.1, 0.15) is 5.75 Å². The topological polar surface area (TPSA) is 55.4 Å². The molecule has 2 rings (SSSR count). The van der Waals surface area contributed by atoms with E-state index in [0.717, 1.165) is 18.2 Å². The van der Waals surface area contributed by atoms with E-state index in [1.165, 1.54) is 18.2 Å². The van der Waals surface area contributed by atoms with Gasteiger partial charge in [-0.2, -0.15) is 0 Å². The summed E-state index contributed by atoms with van der Waals surface area (Å²) in [6.45, 7) is 2.16. The lowest BCUT2D eigenvalue weighted by Crippen LogP contribution is -2.13. The fourth-order valence-electron chi connectivity index (χ4n) is 1.69. The minimum atomic E-state index is -3.98. The lowest BCUT2D eigenvalue weighted by molar-refractivity contribution is 0.340. The molecule has 0 bridgehead atoms. The Hall–Kier alpha value is -1.86. The Morgan fingerprint density at radius 3 is 2.45 bits per heavy atom. The van der Waals surface area contributed by atoms with E-state index in [1.54, 1.807) is 6.92 Å². The van der Waals surface area contributed by atoms with Crippen LogP contribution in [0.4, 0.5) is 14.5 Å². The van der Waals surface area contributed by atoms with Crippen molar-refractivity contribution >= 4 is 27.3 Å². The molecule has 1 N–H and O–H groups in total. The molecule has 0 aliphatic carbocycles. The zero-order valence-corrected chi connectivity index (χ0v) is 13.0. The molecule has 0 aromatic heterocycles. The van der Waals surface area contributed by atoms with Crippen LogP contribution in [0, 0.1) is 11.6 Å². The number of hydrogen-bond donors (Lipinski definition) is 1. The Kier molecular flexibility index (Phi) is 4.87. The van der Waals surface area contributed by atoms with Crippen molar-refractivity contribution in [3.05, 3.63) is 53.1 Å². The Morgan fingerprint density at radius 1 is 1.14 bits per heavy atom. The van der Waals surface area contributed by atoms with E-state index in [-0.39, 0.29) is 15.6 Å². The van der Waals surface area contributed by atoms with E-state index in [0.29, 0.717) is 12.4 Å². The van der Waals surface area contributed by atoms with E-state index in [9.17, 15) is 17.2 Å². The van der Waals surface area contributed by atoms with Crippen LogP contribution in [0.2, 0.25) is 5.02 Å². The lowest BCUT2D eigenvalue weighted by atomic mass is 10.3. The van der Waals surface area contributed by atoms with Crippen LogP contribution < -0.4 is 9.46 Å². The Morgan fingerprint density at radius 2 is 1.86 bits per heavy atom. The van der Waals surface area contributed by atoms with Crippen molar-refractivity contribution in [3.63, 3.8) is 0 Å².